The van der Waals surface area contributed by atoms with Crippen LogP contribution in [0.15, 0.2) is 0 Å². The molecule has 2 N–H and O–H groups in total. The molecule has 5 nitrogen and oxygen atoms in total. The Bertz CT molecular complexity index is 281. The Balaban J connectivity index is 1.66. The first-order valence-corrected chi connectivity index (χ1v) is 6.57. The van der Waals surface area contributed by atoms with Crippen LogP contribution >= 0.6 is 0 Å². The second-order valence-corrected chi connectivity index (χ2v) is 4.99. The van der Waals surface area contributed by atoms with Crippen molar-refractivity contribution in [1.29, 1.82) is 0 Å². The number of amides is 3. The van der Waals surface area contributed by atoms with Crippen LogP contribution in [0.25, 0.3) is 0 Å². The standard InChI is InChI=1S/C12H21N3O2/c16-11(14-12(17)13-10-5-6-10)9-15-7-3-1-2-4-8-15/h10H,1-9H2,(H2,13,14,16,17). The summed E-state index contributed by atoms with van der Waals surface area (Å²) in [4.78, 5) is 25.1. The number of rotatable bonds is 3. The highest BCUT2D eigenvalue weighted by Crippen LogP contribution is 2.18. The zero-order chi connectivity index (χ0) is 12.1. The van der Waals surface area contributed by atoms with E-state index in [1.165, 1.54) is 12.8 Å². The van der Waals surface area contributed by atoms with Gasteiger partial charge in [-0.1, -0.05) is 12.8 Å². The molecule has 0 aromatic rings. The maximum atomic E-state index is 11.6. The normalized spacial score (nSPS) is 21.6. The van der Waals surface area contributed by atoms with E-state index in [1.807, 2.05) is 0 Å². The van der Waals surface area contributed by atoms with Crippen LogP contribution in [0.5, 0.6) is 0 Å². The summed E-state index contributed by atoms with van der Waals surface area (Å²) >= 11 is 0. The molecule has 0 aromatic carbocycles. The molecule has 96 valence electrons. The SMILES string of the molecule is O=C(CN1CCCCCC1)NC(=O)NC1CC1. The monoisotopic (exact) mass is 239 g/mol. The van der Waals surface area contributed by atoms with Gasteiger partial charge in [-0.25, -0.2) is 4.79 Å². The zero-order valence-electron chi connectivity index (χ0n) is 10.2. The van der Waals surface area contributed by atoms with Gasteiger partial charge in [-0.15, -0.1) is 0 Å². The van der Waals surface area contributed by atoms with E-state index >= 15 is 0 Å². The molecule has 2 aliphatic rings. The lowest BCUT2D eigenvalue weighted by Gasteiger charge is -2.18. The van der Waals surface area contributed by atoms with Gasteiger partial charge in [-0.3, -0.25) is 15.0 Å². The van der Waals surface area contributed by atoms with Gasteiger partial charge in [0.05, 0.1) is 6.54 Å². The first-order valence-electron chi connectivity index (χ1n) is 6.57. The molecule has 1 saturated heterocycles. The lowest BCUT2D eigenvalue weighted by atomic mass is 10.2. The number of carbonyl (C=O) groups excluding carboxylic acids is 2. The largest absolute Gasteiger partial charge is 0.335 e. The predicted octanol–water partition coefficient (Wildman–Crippen LogP) is 0.851. The molecule has 2 fully saturated rings. The topological polar surface area (TPSA) is 61.4 Å². The van der Waals surface area contributed by atoms with Gasteiger partial charge in [0, 0.05) is 6.04 Å². The number of likely N-dealkylation sites (tertiary alicyclic amines) is 1. The Morgan fingerprint density at radius 2 is 1.71 bits per heavy atom. The average Bonchev–Trinajstić information content (AvgIpc) is 3.05. The highest BCUT2D eigenvalue weighted by molar-refractivity contribution is 5.95. The minimum atomic E-state index is -0.340. The van der Waals surface area contributed by atoms with Crippen molar-refractivity contribution in [3.05, 3.63) is 0 Å². The lowest BCUT2D eigenvalue weighted by molar-refractivity contribution is -0.121. The van der Waals surface area contributed by atoms with Crippen LogP contribution in [0, 0.1) is 0 Å². The van der Waals surface area contributed by atoms with Crippen molar-refractivity contribution in [2.45, 2.75) is 44.6 Å². The van der Waals surface area contributed by atoms with E-state index < -0.39 is 0 Å². The molecule has 1 heterocycles. The summed E-state index contributed by atoms with van der Waals surface area (Å²) in [6.07, 6.45) is 6.88. The van der Waals surface area contributed by atoms with E-state index in [2.05, 4.69) is 15.5 Å². The fraction of sp³-hybridized carbons (Fsp3) is 0.833. The summed E-state index contributed by atoms with van der Waals surface area (Å²) in [6, 6.07) is -0.0479. The first kappa shape index (κ1) is 12.4. The van der Waals surface area contributed by atoms with E-state index in [4.69, 9.17) is 0 Å². The van der Waals surface area contributed by atoms with Gasteiger partial charge in [0.2, 0.25) is 5.91 Å². The number of nitrogens with one attached hydrogen (secondary N) is 2. The Morgan fingerprint density at radius 3 is 2.29 bits per heavy atom. The zero-order valence-corrected chi connectivity index (χ0v) is 10.2. The molecule has 5 heteroatoms. The molecule has 0 spiro atoms. The summed E-state index contributed by atoms with van der Waals surface area (Å²) in [5.41, 5.74) is 0. The fourth-order valence-electron chi connectivity index (χ4n) is 2.11. The molecular weight excluding hydrogens is 218 g/mol. The van der Waals surface area contributed by atoms with Gasteiger partial charge in [0.1, 0.15) is 0 Å². The Hall–Kier alpha value is -1.10. The number of hydrogen-bond donors (Lipinski definition) is 2. The summed E-state index contributed by atoms with van der Waals surface area (Å²) in [5.74, 6) is -0.190. The maximum Gasteiger partial charge on any atom is 0.321 e. The van der Waals surface area contributed by atoms with Gasteiger partial charge in [-0.05, 0) is 38.8 Å². The molecule has 1 saturated carbocycles. The van der Waals surface area contributed by atoms with Crippen LogP contribution in [-0.2, 0) is 4.79 Å². The summed E-state index contributed by atoms with van der Waals surface area (Å²) < 4.78 is 0. The fourth-order valence-corrected chi connectivity index (χ4v) is 2.11. The lowest BCUT2D eigenvalue weighted by Crippen LogP contribution is -2.45. The number of hydrogen-bond acceptors (Lipinski definition) is 3. The number of urea groups is 1. The van der Waals surface area contributed by atoms with Crippen LogP contribution < -0.4 is 10.6 Å². The van der Waals surface area contributed by atoms with Crippen molar-refractivity contribution < 1.29 is 9.59 Å². The minimum absolute atomic E-state index is 0.190. The molecule has 2 rings (SSSR count). The van der Waals surface area contributed by atoms with Crippen molar-refractivity contribution in [3.8, 4) is 0 Å². The molecule has 0 atom stereocenters. The van der Waals surface area contributed by atoms with Gasteiger partial charge in [0.25, 0.3) is 0 Å². The van der Waals surface area contributed by atoms with Crippen molar-refractivity contribution in [2.24, 2.45) is 0 Å². The van der Waals surface area contributed by atoms with Crippen LogP contribution in [0.4, 0.5) is 4.79 Å². The van der Waals surface area contributed by atoms with E-state index in [0.717, 1.165) is 38.8 Å². The molecule has 0 radical (unpaired) electrons. The third-order valence-corrected chi connectivity index (χ3v) is 3.23. The minimum Gasteiger partial charge on any atom is -0.335 e. The molecule has 3 amide bonds. The predicted molar refractivity (Wildman–Crippen MR) is 64.6 cm³/mol. The van der Waals surface area contributed by atoms with Crippen LogP contribution in [0.1, 0.15) is 38.5 Å². The second kappa shape index (κ2) is 6.00. The number of nitrogens with zero attached hydrogens (tertiary/aromatic N) is 1. The van der Waals surface area contributed by atoms with E-state index in [-0.39, 0.29) is 11.9 Å². The molecule has 0 aromatic heterocycles. The Labute approximate surface area is 102 Å². The van der Waals surface area contributed by atoms with E-state index in [0.29, 0.717) is 12.6 Å². The molecule has 0 bridgehead atoms. The van der Waals surface area contributed by atoms with Crippen LogP contribution in [0.2, 0.25) is 0 Å². The van der Waals surface area contributed by atoms with Gasteiger partial charge in [-0.2, -0.15) is 0 Å². The van der Waals surface area contributed by atoms with Gasteiger partial charge < -0.3 is 5.32 Å². The molecule has 1 aliphatic heterocycles. The third kappa shape index (κ3) is 4.73. The van der Waals surface area contributed by atoms with Gasteiger partial charge >= 0.3 is 6.03 Å². The Kier molecular flexibility index (Phi) is 4.36. The van der Waals surface area contributed by atoms with E-state index in [9.17, 15) is 9.59 Å². The molecule has 17 heavy (non-hydrogen) atoms. The number of carbonyl (C=O) groups is 2. The van der Waals surface area contributed by atoms with Gasteiger partial charge in [0.15, 0.2) is 0 Å². The molecule has 1 aliphatic carbocycles. The summed E-state index contributed by atoms with van der Waals surface area (Å²) in [5, 5.41) is 5.13. The quantitative estimate of drug-likeness (QED) is 0.767. The highest BCUT2D eigenvalue weighted by Gasteiger charge is 2.24. The van der Waals surface area contributed by atoms with E-state index in [1.54, 1.807) is 0 Å². The maximum absolute atomic E-state index is 11.6. The van der Waals surface area contributed by atoms with Crippen LogP contribution in [-0.4, -0.2) is 42.5 Å². The molecule has 0 unspecified atom stereocenters. The first-order chi connectivity index (χ1) is 8.24. The van der Waals surface area contributed by atoms with Crippen molar-refractivity contribution in [2.75, 3.05) is 19.6 Å². The smallest absolute Gasteiger partial charge is 0.321 e. The summed E-state index contributed by atoms with van der Waals surface area (Å²) in [7, 11) is 0. The van der Waals surface area contributed by atoms with Crippen molar-refractivity contribution in [3.63, 3.8) is 0 Å². The Morgan fingerprint density at radius 1 is 1.06 bits per heavy atom. The number of imide groups is 1. The van der Waals surface area contributed by atoms with Crippen molar-refractivity contribution in [1.82, 2.24) is 15.5 Å². The summed E-state index contributed by atoms with van der Waals surface area (Å²) in [6.45, 7) is 2.29. The van der Waals surface area contributed by atoms with Crippen LogP contribution in [0.3, 0.4) is 0 Å². The molecular formula is C12H21N3O2. The second-order valence-electron chi connectivity index (χ2n) is 4.99. The van der Waals surface area contributed by atoms with Crippen molar-refractivity contribution >= 4 is 11.9 Å². The highest BCUT2D eigenvalue weighted by atomic mass is 16.2. The third-order valence-electron chi connectivity index (χ3n) is 3.23. The average molecular weight is 239 g/mol.